The van der Waals surface area contributed by atoms with E-state index in [1.54, 1.807) is 52.8 Å². The average molecular weight is 807 g/mol. The van der Waals surface area contributed by atoms with Crippen molar-refractivity contribution in [1.82, 2.24) is 41.0 Å². The van der Waals surface area contributed by atoms with E-state index in [0.717, 1.165) is 22.5 Å². The number of aliphatic hydroxyl groups is 2. The van der Waals surface area contributed by atoms with Crippen LogP contribution in [0.1, 0.15) is 50.2 Å². The molecule has 0 saturated carbocycles. The summed E-state index contributed by atoms with van der Waals surface area (Å²) in [6, 6.07) is 13.4. The van der Waals surface area contributed by atoms with Crippen LogP contribution in [0.25, 0.3) is 0 Å². The van der Waals surface area contributed by atoms with E-state index in [1.165, 1.54) is 32.5 Å². The minimum absolute atomic E-state index is 0.134. The standard InChI is InChI=1S/C40H54N8O6S2/c1-25(2)33(45-39(53)47(5)19-29-21-55-23-41-29)37(51)43-31(17-27-13-9-7-10-14-27)35(49)36(50)32(18-28-15-11-8-12-16-28)44-38(52)34(26(3)4)46-40(54)48(6)20-30-22-56-24-42-30/h7-16,21-26,31-36,49-50H,17-20H2,1-6H3,(H,43,51)(H,44,52)(H,45,53)(H,46,54)/t31-,32?,33-,34-,35+,36?/m0/s1. The summed E-state index contributed by atoms with van der Waals surface area (Å²) in [6.45, 7) is 7.71. The molecule has 4 aromatic rings. The number of hydrogen-bond donors (Lipinski definition) is 6. The number of nitrogens with zero attached hydrogens (tertiary/aromatic N) is 4. The number of benzene rings is 2. The van der Waals surface area contributed by atoms with Crippen LogP contribution in [0.4, 0.5) is 9.59 Å². The third kappa shape index (κ3) is 13.1. The summed E-state index contributed by atoms with van der Waals surface area (Å²) in [6.07, 6.45) is -2.90. The molecule has 0 aliphatic carbocycles. The minimum atomic E-state index is -1.58. The number of nitrogens with one attached hydrogen (secondary N) is 4. The fourth-order valence-corrected chi connectivity index (χ4v) is 7.19. The summed E-state index contributed by atoms with van der Waals surface area (Å²) in [5, 5.41) is 39.1. The molecule has 0 aliphatic rings. The van der Waals surface area contributed by atoms with E-state index >= 15 is 0 Å². The third-order valence-corrected chi connectivity index (χ3v) is 10.6. The predicted octanol–water partition coefficient (Wildman–Crippen LogP) is 3.81. The second-order valence-corrected chi connectivity index (χ2v) is 16.0. The van der Waals surface area contributed by atoms with E-state index in [2.05, 4.69) is 31.2 Å². The van der Waals surface area contributed by atoms with Crippen LogP contribution >= 0.6 is 22.7 Å². The molecule has 0 saturated heterocycles. The second kappa shape index (κ2) is 21.4. The van der Waals surface area contributed by atoms with E-state index in [1.807, 2.05) is 71.4 Å². The molecule has 14 nitrogen and oxygen atoms in total. The van der Waals surface area contributed by atoms with Gasteiger partial charge in [-0.3, -0.25) is 9.59 Å². The molecule has 2 aromatic heterocycles. The number of aliphatic hydroxyl groups excluding tert-OH is 2. The van der Waals surface area contributed by atoms with Crippen LogP contribution in [0.15, 0.2) is 82.4 Å². The van der Waals surface area contributed by atoms with Crippen LogP contribution in [0.3, 0.4) is 0 Å². The van der Waals surface area contributed by atoms with Crippen molar-refractivity contribution in [3.63, 3.8) is 0 Å². The quantitative estimate of drug-likeness (QED) is 0.0826. The Bertz CT molecular complexity index is 1670. The monoisotopic (exact) mass is 806 g/mol. The van der Waals surface area contributed by atoms with Crippen LogP contribution in [0.2, 0.25) is 0 Å². The summed E-state index contributed by atoms with van der Waals surface area (Å²) in [4.78, 5) is 65.7. The first kappa shape index (κ1) is 43.8. The van der Waals surface area contributed by atoms with E-state index in [4.69, 9.17) is 0 Å². The van der Waals surface area contributed by atoms with Gasteiger partial charge in [0.1, 0.15) is 24.3 Å². The van der Waals surface area contributed by atoms with Gasteiger partial charge in [0.2, 0.25) is 11.8 Å². The summed E-state index contributed by atoms with van der Waals surface area (Å²) < 4.78 is 0. The Morgan fingerprint density at radius 1 is 0.607 bits per heavy atom. The van der Waals surface area contributed by atoms with Crippen LogP contribution in [-0.4, -0.2) is 104 Å². The van der Waals surface area contributed by atoms with Crippen molar-refractivity contribution in [2.45, 2.75) is 90.0 Å². The van der Waals surface area contributed by atoms with Gasteiger partial charge in [0.15, 0.2) is 0 Å². The lowest BCUT2D eigenvalue weighted by Gasteiger charge is -2.35. The number of urea groups is 2. The van der Waals surface area contributed by atoms with Crippen LogP contribution in [0.5, 0.6) is 0 Å². The molecule has 56 heavy (non-hydrogen) atoms. The van der Waals surface area contributed by atoms with Gasteiger partial charge < -0.3 is 41.3 Å². The molecule has 4 rings (SSSR count). The van der Waals surface area contributed by atoms with Crippen LogP contribution in [0, 0.1) is 11.8 Å². The lowest BCUT2D eigenvalue weighted by molar-refractivity contribution is -0.129. The Hall–Kier alpha value is -4.90. The van der Waals surface area contributed by atoms with Crippen molar-refractivity contribution < 1.29 is 29.4 Å². The fourth-order valence-electron chi connectivity index (χ4n) is 6.09. The molecule has 16 heteroatoms. The summed E-state index contributed by atoms with van der Waals surface area (Å²) in [7, 11) is 3.22. The summed E-state index contributed by atoms with van der Waals surface area (Å²) >= 11 is 2.84. The molecule has 0 fully saturated rings. The van der Waals surface area contributed by atoms with Crippen molar-refractivity contribution >= 4 is 46.6 Å². The highest BCUT2D eigenvalue weighted by atomic mass is 32.1. The Kier molecular flexibility index (Phi) is 16.8. The number of amides is 6. The maximum atomic E-state index is 14.0. The Balaban J connectivity index is 1.56. The zero-order valence-electron chi connectivity index (χ0n) is 32.7. The summed E-state index contributed by atoms with van der Waals surface area (Å²) in [5.74, 6) is -1.76. The first-order chi connectivity index (χ1) is 26.7. The molecular formula is C40H54N8O6S2. The van der Waals surface area contributed by atoms with Crippen LogP contribution < -0.4 is 21.3 Å². The highest BCUT2D eigenvalue weighted by molar-refractivity contribution is 7.07. The first-order valence-electron chi connectivity index (χ1n) is 18.6. The van der Waals surface area contributed by atoms with Gasteiger partial charge in [-0.2, -0.15) is 0 Å². The van der Waals surface area contributed by atoms with Gasteiger partial charge in [-0.25, -0.2) is 19.6 Å². The van der Waals surface area contributed by atoms with Gasteiger partial charge in [-0.15, -0.1) is 22.7 Å². The maximum absolute atomic E-state index is 14.0. The molecule has 2 aromatic carbocycles. The number of hydrogen-bond acceptors (Lipinski definition) is 10. The van der Waals surface area contributed by atoms with Gasteiger partial charge in [0.25, 0.3) is 0 Å². The molecule has 302 valence electrons. The molecule has 0 radical (unpaired) electrons. The molecule has 6 atom stereocenters. The number of aromatic nitrogens is 2. The highest BCUT2D eigenvalue weighted by Crippen LogP contribution is 2.17. The van der Waals surface area contributed by atoms with E-state index in [-0.39, 0.29) is 37.8 Å². The van der Waals surface area contributed by atoms with Gasteiger partial charge in [0, 0.05) is 24.9 Å². The number of carbonyl (C=O) groups excluding carboxylic acids is 4. The SMILES string of the molecule is CC(C)[C@H](NC(=O)N(C)Cc1cscn1)C(=O)NC(Cc1ccccc1)C(O)[C@H](O)[C@H](Cc1ccccc1)NC(=O)[C@@H](NC(=O)N(C)Cc1cscn1)C(C)C. The second-order valence-electron chi connectivity index (χ2n) is 14.6. The number of thiazole rings is 2. The molecule has 0 bridgehead atoms. The molecular weight excluding hydrogens is 753 g/mol. The smallest absolute Gasteiger partial charge is 0.318 e. The lowest BCUT2D eigenvalue weighted by atomic mass is 9.90. The van der Waals surface area contributed by atoms with Gasteiger partial charge in [-0.05, 0) is 35.8 Å². The largest absolute Gasteiger partial charge is 0.388 e. The molecule has 0 spiro atoms. The first-order valence-corrected chi connectivity index (χ1v) is 20.4. The Morgan fingerprint density at radius 3 is 1.27 bits per heavy atom. The molecule has 2 heterocycles. The lowest BCUT2D eigenvalue weighted by Crippen LogP contribution is -2.62. The van der Waals surface area contributed by atoms with Crippen molar-refractivity contribution in [3.8, 4) is 0 Å². The number of rotatable bonds is 19. The fraction of sp³-hybridized carbons (Fsp3) is 0.450. The minimum Gasteiger partial charge on any atom is -0.388 e. The zero-order chi connectivity index (χ0) is 40.8. The normalized spacial score (nSPS) is 14.5. The molecule has 0 aliphatic heterocycles. The summed E-state index contributed by atoms with van der Waals surface area (Å²) in [5.41, 5.74) is 6.36. The molecule has 6 N–H and O–H groups in total. The van der Waals surface area contributed by atoms with E-state index < -0.39 is 60.3 Å². The van der Waals surface area contributed by atoms with Gasteiger partial charge in [0.05, 0.1) is 47.6 Å². The maximum Gasteiger partial charge on any atom is 0.318 e. The third-order valence-electron chi connectivity index (χ3n) is 9.34. The highest BCUT2D eigenvalue weighted by Gasteiger charge is 2.38. The zero-order valence-corrected chi connectivity index (χ0v) is 34.3. The molecule has 2 unspecified atom stereocenters. The Labute approximate surface area is 336 Å². The van der Waals surface area contributed by atoms with Gasteiger partial charge >= 0.3 is 12.1 Å². The van der Waals surface area contributed by atoms with Crippen molar-refractivity contribution in [3.05, 3.63) is 105 Å². The topological polar surface area (TPSA) is 189 Å². The van der Waals surface area contributed by atoms with E-state index in [9.17, 15) is 29.4 Å². The average Bonchev–Trinajstić information content (AvgIpc) is 3.90. The van der Waals surface area contributed by atoms with E-state index in [0.29, 0.717) is 0 Å². The molecule has 6 amide bonds. The number of carbonyl (C=O) groups is 4. The van der Waals surface area contributed by atoms with Crippen molar-refractivity contribution in [2.24, 2.45) is 11.8 Å². The van der Waals surface area contributed by atoms with Crippen LogP contribution in [-0.2, 0) is 35.5 Å². The van der Waals surface area contributed by atoms with Crippen molar-refractivity contribution in [2.75, 3.05) is 14.1 Å². The predicted molar refractivity (Wildman–Crippen MR) is 218 cm³/mol. The van der Waals surface area contributed by atoms with Crippen molar-refractivity contribution in [1.29, 1.82) is 0 Å². The Morgan fingerprint density at radius 2 is 0.964 bits per heavy atom. The van der Waals surface area contributed by atoms with Gasteiger partial charge in [-0.1, -0.05) is 88.4 Å².